The van der Waals surface area contributed by atoms with Crippen molar-refractivity contribution in [2.75, 3.05) is 7.11 Å². The molecule has 0 atom stereocenters. The largest absolute Gasteiger partial charge is 0.496 e. The van der Waals surface area contributed by atoms with Gasteiger partial charge in [-0.1, -0.05) is 36.4 Å². The quantitative estimate of drug-likeness (QED) is 0.875. The first-order valence-corrected chi connectivity index (χ1v) is 6.01. The summed E-state index contributed by atoms with van der Waals surface area (Å²) >= 11 is 0. The third kappa shape index (κ3) is 3.47. The van der Waals surface area contributed by atoms with Crippen molar-refractivity contribution < 1.29 is 9.84 Å². The van der Waals surface area contributed by atoms with Crippen LogP contribution in [0.2, 0.25) is 0 Å². The molecule has 98 valence electrons. The van der Waals surface area contributed by atoms with Gasteiger partial charge in [0.2, 0.25) is 0 Å². The molecule has 0 unspecified atom stereocenters. The maximum absolute atomic E-state index is 9.79. The van der Waals surface area contributed by atoms with Crippen molar-refractivity contribution in [1.29, 1.82) is 0 Å². The van der Waals surface area contributed by atoms with Crippen LogP contribution in [0.5, 0.6) is 5.75 Å². The number of allylic oxidation sites excluding steroid dienone is 1. The number of hydrogen-bond donors (Lipinski definition) is 1. The first-order chi connectivity index (χ1) is 8.26. The van der Waals surface area contributed by atoms with Crippen LogP contribution in [-0.4, -0.2) is 17.8 Å². The molecule has 0 aromatic heterocycles. The second kappa shape index (κ2) is 5.40. The van der Waals surface area contributed by atoms with E-state index in [9.17, 15) is 5.11 Å². The van der Waals surface area contributed by atoms with Crippen molar-refractivity contribution in [3.05, 3.63) is 41.5 Å². The van der Waals surface area contributed by atoms with E-state index in [2.05, 4.69) is 6.58 Å². The normalized spacial score (nSPS) is 11.9. The van der Waals surface area contributed by atoms with Crippen LogP contribution in [0.25, 0.3) is 11.6 Å². The first kappa shape index (κ1) is 14.5. The van der Waals surface area contributed by atoms with E-state index >= 15 is 0 Å². The summed E-state index contributed by atoms with van der Waals surface area (Å²) < 4.78 is 5.46. The Bertz CT molecular complexity index is 477. The Hall–Kier alpha value is -1.54. The second-order valence-electron chi connectivity index (χ2n) is 5.14. The van der Waals surface area contributed by atoms with E-state index in [1.807, 2.05) is 32.1 Å². The zero-order valence-electron chi connectivity index (χ0n) is 11.9. The van der Waals surface area contributed by atoms with Gasteiger partial charge in [-0.2, -0.15) is 0 Å². The molecule has 1 aromatic rings. The summed E-state index contributed by atoms with van der Waals surface area (Å²) in [7, 11) is 1.66. The molecule has 0 aliphatic rings. The number of aliphatic hydroxyl groups is 1. The molecule has 0 bridgehead atoms. The number of benzene rings is 1. The molecule has 0 aliphatic carbocycles. The molecule has 0 amide bonds. The van der Waals surface area contributed by atoms with Crippen molar-refractivity contribution in [3.63, 3.8) is 0 Å². The van der Waals surface area contributed by atoms with E-state index < -0.39 is 5.60 Å². The highest BCUT2D eigenvalue weighted by Gasteiger charge is 2.12. The SMILES string of the molecule is C=C(C)c1ccc(C)c(OC)c1/C=C/C(C)(C)O. The highest BCUT2D eigenvalue weighted by Crippen LogP contribution is 2.31. The second-order valence-corrected chi connectivity index (χ2v) is 5.14. The predicted octanol–water partition coefficient (Wildman–Crippen LogP) is 3.82. The molecule has 0 fully saturated rings. The summed E-state index contributed by atoms with van der Waals surface area (Å²) in [5, 5.41) is 9.79. The molecule has 1 N–H and O–H groups in total. The van der Waals surface area contributed by atoms with Crippen molar-refractivity contribution in [2.24, 2.45) is 0 Å². The van der Waals surface area contributed by atoms with E-state index in [-0.39, 0.29) is 0 Å². The fourth-order valence-electron chi connectivity index (χ4n) is 1.80. The number of methoxy groups -OCH3 is 1. The summed E-state index contributed by atoms with van der Waals surface area (Å²) in [5.74, 6) is 0.830. The summed E-state index contributed by atoms with van der Waals surface area (Å²) in [5.41, 5.74) is 3.20. The fourth-order valence-corrected chi connectivity index (χ4v) is 1.80. The van der Waals surface area contributed by atoms with Gasteiger partial charge in [0.1, 0.15) is 5.75 Å². The van der Waals surface area contributed by atoms with E-state index in [4.69, 9.17) is 4.74 Å². The molecular weight excluding hydrogens is 224 g/mol. The summed E-state index contributed by atoms with van der Waals surface area (Å²) in [4.78, 5) is 0. The maximum Gasteiger partial charge on any atom is 0.129 e. The predicted molar refractivity (Wildman–Crippen MR) is 77.8 cm³/mol. The first-order valence-electron chi connectivity index (χ1n) is 6.01. The molecule has 1 aromatic carbocycles. The Morgan fingerprint density at radius 1 is 1.39 bits per heavy atom. The number of ether oxygens (including phenoxy) is 1. The summed E-state index contributed by atoms with van der Waals surface area (Å²) in [6.07, 6.45) is 3.66. The molecular formula is C16H22O2. The van der Waals surface area contributed by atoms with Crippen LogP contribution in [0, 0.1) is 6.92 Å². The molecule has 1 rings (SSSR count). The van der Waals surface area contributed by atoms with Crippen LogP contribution < -0.4 is 4.74 Å². The van der Waals surface area contributed by atoms with Gasteiger partial charge in [-0.05, 0) is 38.8 Å². The van der Waals surface area contributed by atoms with Crippen LogP contribution in [-0.2, 0) is 0 Å². The Morgan fingerprint density at radius 2 is 2.00 bits per heavy atom. The third-order valence-electron chi connectivity index (χ3n) is 2.71. The zero-order chi connectivity index (χ0) is 13.9. The maximum atomic E-state index is 9.79. The standard InChI is InChI=1S/C16H22O2/c1-11(2)13-8-7-12(3)15(18-6)14(13)9-10-16(4,5)17/h7-10,17H,1H2,2-6H3/b10-9+. The monoisotopic (exact) mass is 246 g/mol. The smallest absolute Gasteiger partial charge is 0.129 e. The molecule has 2 nitrogen and oxygen atoms in total. The highest BCUT2D eigenvalue weighted by atomic mass is 16.5. The Morgan fingerprint density at radius 3 is 2.44 bits per heavy atom. The molecule has 0 radical (unpaired) electrons. The fraction of sp³-hybridized carbons (Fsp3) is 0.375. The Balaban J connectivity index is 3.41. The van der Waals surface area contributed by atoms with E-state index in [0.717, 1.165) is 28.0 Å². The lowest BCUT2D eigenvalue weighted by Gasteiger charge is -2.16. The average Bonchev–Trinajstić information content (AvgIpc) is 2.24. The van der Waals surface area contributed by atoms with Crippen LogP contribution in [0.1, 0.15) is 37.5 Å². The van der Waals surface area contributed by atoms with Gasteiger partial charge in [-0.3, -0.25) is 0 Å². The molecule has 2 heteroatoms. The molecule has 0 spiro atoms. The molecule has 18 heavy (non-hydrogen) atoms. The van der Waals surface area contributed by atoms with Crippen molar-refractivity contribution in [3.8, 4) is 5.75 Å². The van der Waals surface area contributed by atoms with Crippen LogP contribution in [0.15, 0.2) is 24.8 Å². The van der Waals surface area contributed by atoms with E-state index in [1.54, 1.807) is 27.0 Å². The molecule has 0 saturated heterocycles. The molecule has 0 aliphatic heterocycles. The van der Waals surface area contributed by atoms with Gasteiger partial charge in [-0.15, -0.1) is 0 Å². The number of rotatable bonds is 4. The van der Waals surface area contributed by atoms with Gasteiger partial charge in [0, 0.05) is 5.56 Å². The minimum Gasteiger partial charge on any atom is -0.496 e. The van der Waals surface area contributed by atoms with Gasteiger partial charge < -0.3 is 9.84 Å². The van der Waals surface area contributed by atoms with Crippen LogP contribution in [0.3, 0.4) is 0 Å². The van der Waals surface area contributed by atoms with Crippen LogP contribution in [0.4, 0.5) is 0 Å². The molecule has 0 heterocycles. The third-order valence-corrected chi connectivity index (χ3v) is 2.71. The lowest BCUT2D eigenvalue weighted by Crippen LogP contribution is -2.13. The average molecular weight is 246 g/mol. The van der Waals surface area contributed by atoms with Gasteiger partial charge >= 0.3 is 0 Å². The number of aryl methyl sites for hydroxylation is 1. The topological polar surface area (TPSA) is 29.5 Å². The minimum atomic E-state index is -0.846. The van der Waals surface area contributed by atoms with E-state index in [0.29, 0.717) is 0 Å². The summed E-state index contributed by atoms with van der Waals surface area (Å²) in [6.45, 7) is 11.4. The lowest BCUT2D eigenvalue weighted by atomic mass is 9.96. The van der Waals surface area contributed by atoms with Crippen molar-refractivity contribution in [2.45, 2.75) is 33.3 Å². The Kier molecular flexibility index (Phi) is 4.36. The lowest BCUT2D eigenvalue weighted by molar-refractivity contribution is 0.134. The van der Waals surface area contributed by atoms with Crippen molar-refractivity contribution >= 4 is 11.6 Å². The van der Waals surface area contributed by atoms with Crippen molar-refractivity contribution in [1.82, 2.24) is 0 Å². The van der Waals surface area contributed by atoms with Crippen LogP contribution >= 0.6 is 0 Å². The zero-order valence-corrected chi connectivity index (χ0v) is 11.9. The van der Waals surface area contributed by atoms with E-state index in [1.165, 1.54) is 0 Å². The van der Waals surface area contributed by atoms with Gasteiger partial charge in [-0.25, -0.2) is 0 Å². The van der Waals surface area contributed by atoms with Gasteiger partial charge in [0.05, 0.1) is 12.7 Å². The minimum absolute atomic E-state index is 0.830. The van der Waals surface area contributed by atoms with Gasteiger partial charge in [0.15, 0.2) is 0 Å². The summed E-state index contributed by atoms with van der Waals surface area (Å²) in [6, 6.07) is 4.05. The Labute approximate surface area is 110 Å². The number of hydrogen-bond acceptors (Lipinski definition) is 2. The van der Waals surface area contributed by atoms with Gasteiger partial charge in [0.25, 0.3) is 0 Å². The highest BCUT2D eigenvalue weighted by molar-refractivity contribution is 5.76. The molecule has 0 saturated carbocycles.